The Labute approximate surface area is 157 Å². The van der Waals surface area contributed by atoms with E-state index in [1.54, 1.807) is 0 Å². The lowest BCUT2D eigenvalue weighted by Crippen LogP contribution is -2.53. The van der Waals surface area contributed by atoms with Crippen molar-refractivity contribution in [2.24, 2.45) is 5.73 Å². The molecule has 3 aromatic rings. The molecular weight excluding hydrogens is 340 g/mol. The topological polar surface area (TPSA) is 90.7 Å². The van der Waals surface area contributed by atoms with Crippen LogP contribution >= 0.6 is 0 Å². The number of benzene rings is 1. The van der Waals surface area contributed by atoms with E-state index in [1.807, 2.05) is 38.1 Å². The highest BCUT2D eigenvalue weighted by Crippen LogP contribution is 2.29. The van der Waals surface area contributed by atoms with Crippen molar-refractivity contribution in [1.29, 1.82) is 5.26 Å². The minimum absolute atomic E-state index is 0.260. The second-order valence-electron chi connectivity index (χ2n) is 7.03. The number of carbonyl (C=O) groups is 1. The van der Waals surface area contributed by atoms with Crippen molar-refractivity contribution < 1.29 is 4.79 Å². The molecule has 1 atom stereocenters. The van der Waals surface area contributed by atoms with Crippen LogP contribution in [0.1, 0.15) is 18.1 Å². The molecule has 138 valence electrons. The largest absolute Gasteiger partial charge is 0.368 e. The van der Waals surface area contributed by atoms with E-state index >= 15 is 0 Å². The Morgan fingerprint density at radius 3 is 2.63 bits per heavy atom. The number of anilines is 1. The molecule has 1 amide bonds. The molecule has 1 saturated heterocycles. The monoisotopic (exact) mass is 362 g/mol. The second-order valence-corrected chi connectivity index (χ2v) is 7.03. The number of carbonyl (C=O) groups excluding carboxylic acids is 1. The number of rotatable bonds is 3. The molecule has 1 aromatic carbocycles. The van der Waals surface area contributed by atoms with Gasteiger partial charge < -0.3 is 10.6 Å². The van der Waals surface area contributed by atoms with Crippen LogP contribution in [-0.2, 0) is 4.79 Å². The minimum Gasteiger partial charge on any atom is -0.368 e. The molecule has 0 saturated carbocycles. The molecule has 2 N–H and O–H groups in total. The van der Waals surface area contributed by atoms with E-state index in [0.717, 1.165) is 48.6 Å². The van der Waals surface area contributed by atoms with Gasteiger partial charge in [-0.1, -0.05) is 12.1 Å². The van der Waals surface area contributed by atoms with Gasteiger partial charge in [-0.2, -0.15) is 5.26 Å². The van der Waals surface area contributed by atoms with E-state index in [4.69, 9.17) is 10.7 Å². The number of fused-ring (bicyclic) bond motifs is 3. The van der Waals surface area contributed by atoms with Crippen LogP contribution in [0.3, 0.4) is 0 Å². The molecule has 0 radical (unpaired) electrons. The third-order valence-corrected chi connectivity index (χ3v) is 5.46. The molecule has 2 aromatic heterocycles. The van der Waals surface area contributed by atoms with Crippen molar-refractivity contribution in [3.8, 4) is 6.07 Å². The Morgan fingerprint density at radius 2 is 1.96 bits per heavy atom. The van der Waals surface area contributed by atoms with Crippen molar-refractivity contribution in [1.82, 2.24) is 14.3 Å². The maximum atomic E-state index is 11.5. The summed E-state index contributed by atoms with van der Waals surface area (Å²) in [6, 6.07) is 12.0. The van der Waals surface area contributed by atoms with E-state index in [2.05, 4.69) is 26.3 Å². The predicted octanol–water partition coefficient (Wildman–Crippen LogP) is 1.66. The van der Waals surface area contributed by atoms with E-state index in [-0.39, 0.29) is 11.9 Å². The number of primary amides is 1. The van der Waals surface area contributed by atoms with Gasteiger partial charge in [-0.05, 0) is 37.6 Å². The van der Waals surface area contributed by atoms with E-state index in [1.165, 1.54) is 0 Å². The SMILES string of the molecule is Cc1cc(N2CCN([C@H](C)C(N)=O)CC2)n2c(nc3ccccc32)c1C#N. The number of nitrogens with zero attached hydrogens (tertiary/aromatic N) is 5. The normalized spacial score (nSPS) is 16.6. The quantitative estimate of drug-likeness (QED) is 0.765. The average Bonchev–Trinajstić information content (AvgIpc) is 3.06. The fraction of sp³-hybridized carbons (Fsp3) is 0.350. The zero-order valence-corrected chi connectivity index (χ0v) is 15.5. The first-order valence-electron chi connectivity index (χ1n) is 9.10. The molecule has 0 unspecified atom stereocenters. The number of pyridine rings is 1. The number of hydrogen-bond acceptors (Lipinski definition) is 5. The van der Waals surface area contributed by atoms with E-state index < -0.39 is 0 Å². The van der Waals surface area contributed by atoms with E-state index in [0.29, 0.717) is 11.2 Å². The van der Waals surface area contributed by atoms with Crippen molar-refractivity contribution >= 4 is 28.4 Å². The first kappa shape index (κ1) is 17.3. The first-order valence-corrected chi connectivity index (χ1v) is 9.10. The van der Waals surface area contributed by atoms with Gasteiger partial charge in [-0.15, -0.1) is 0 Å². The summed E-state index contributed by atoms with van der Waals surface area (Å²) in [4.78, 5) is 20.6. The molecule has 27 heavy (non-hydrogen) atoms. The molecule has 0 bridgehead atoms. The molecule has 7 heteroatoms. The molecule has 4 rings (SSSR count). The highest BCUT2D eigenvalue weighted by atomic mass is 16.1. The van der Waals surface area contributed by atoms with Crippen LogP contribution in [0.5, 0.6) is 0 Å². The van der Waals surface area contributed by atoms with Gasteiger partial charge in [-0.25, -0.2) is 4.98 Å². The molecule has 1 aliphatic heterocycles. The fourth-order valence-corrected chi connectivity index (χ4v) is 3.82. The fourth-order valence-electron chi connectivity index (χ4n) is 3.82. The molecule has 1 fully saturated rings. The number of piperazine rings is 1. The Morgan fingerprint density at radius 1 is 1.26 bits per heavy atom. The predicted molar refractivity (Wildman–Crippen MR) is 105 cm³/mol. The van der Waals surface area contributed by atoms with Gasteiger partial charge >= 0.3 is 0 Å². The number of imidazole rings is 1. The van der Waals surface area contributed by atoms with Crippen LogP contribution in [0.25, 0.3) is 16.7 Å². The van der Waals surface area contributed by atoms with Crippen LogP contribution in [0.2, 0.25) is 0 Å². The Bertz CT molecular complexity index is 1070. The van der Waals surface area contributed by atoms with Crippen molar-refractivity contribution in [3.05, 3.63) is 41.5 Å². The van der Waals surface area contributed by atoms with Gasteiger partial charge in [0.05, 0.1) is 22.6 Å². The maximum Gasteiger partial charge on any atom is 0.234 e. The van der Waals surface area contributed by atoms with Crippen molar-refractivity contribution in [2.45, 2.75) is 19.9 Å². The molecule has 7 nitrogen and oxygen atoms in total. The Kier molecular flexibility index (Phi) is 4.21. The summed E-state index contributed by atoms with van der Waals surface area (Å²) in [5, 5.41) is 9.62. The molecule has 3 heterocycles. The van der Waals surface area contributed by atoms with Gasteiger partial charge in [0.25, 0.3) is 0 Å². The van der Waals surface area contributed by atoms with Crippen LogP contribution in [0, 0.1) is 18.3 Å². The third-order valence-electron chi connectivity index (χ3n) is 5.46. The van der Waals surface area contributed by atoms with E-state index in [9.17, 15) is 10.1 Å². The highest BCUT2D eigenvalue weighted by Gasteiger charge is 2.26. The first-order chi connectivity index (χ1) is 13.0. The maximum absolute atomic E-state index is 11.5. The number of para-hydroxylation sites is 2. The number of hydrogen-bond donors (Lipinski definition) is 1. The average molecular weight is 362 g/mol. The minimum atomic E-state index is -0.291. The van der Waals surface area contributed by atoms with Crippen LogP contribution in [0.4, 0.5) is 5.82 Å². The molecule has 1 aliphatic rings. The lowest BCUT2D eigenvalue weighted by molar-refractivity contribution is -0.122. The summed E-state index contributed by atoms with van der Waals surface area (Å²) in [5.74, 6) is 0.738. The van der Waals surface area contributed by atoms with Crippen LogP contribution < -0.4 is 10.6 Å². The zero-order chi connectivity index (χ0) is 19.1. The van der Waals surface area contributed by atoms with Gasteiger partial charge in [0, 0.05) is 26.2 Å². The van der Waals surface area contributed by atoms with Gasteiger partial charge in [-0.3, -0.25) is 14.1 Å². The number of aryl methyl sites for hydroxylation is 1. The lowest BCUT2D eigenvalue weighted by atomic mass is 10.1. The number of nitriles is 1. The van der Waals surface area contributed by atoms with Gasteiger partial charge in [0.1, 0.15) is 11.9 Å². The number of amides is 1. The summed E-state index contributed by atoms with van der Waals surface area (Å²) >= 11 is 0. The smallest absolute Gasteiger partial charge is 0.234 e. The Balaban J connectivity index is 1.79. The molecule has 0 spiro atoms. The standard InChI is InChI=1S/C20H22N6O/c1-13-11-18(25-9-7-24(8-10-25)14(2)19(22)27)26-17-6-4-3-5-16(17)23-20(26)15(13)12-21/h3-6,11,14H,7-10H2,1-2H3,(H2,22,27)/t14-/m1/s1. The second kappa shape index (κ2) is 6.56. The summed E-state index contributed by atoms with van der Waals surface area (Å²) in [5.41, 5.74) is 9.54. The lowest BCUT2D eigenvalue weighted by Gasteiger charge is -2.38. The molecular formula is C20H22N6O. The van der Waals surface area contributed by atoms with Crippen LogP contribution in [0.15, 0.2) is 30.3 Å². The van der Waals surface area contributed by atoms with Gasteiger partial charge in [0.15, 0.2) is 5.65 Å². The van der Waals surface area contributed by atoms with Crippen molar-refractivity contribution in [3.63, 3.8) is 0 Å². The summed E-state index contributed by atoms with van der Waals surface area (Å²) in [7, 11) is 0. The molecule has 0 aliphatic carbocycles. The Hall–Kier alpha value is -3.11. The summed E-state index contributed by atoms with van der Waals surface area (Å²) in [6.45, 7) is 6.89. The highest BCUT2D eigenvalue weighted by molar-refractivity contribution is 5.85. The summed E-state index contributed by atoms with van der Waals surface area (Å²) in [6.07, 6.45) is 0. The van der Waals surface area contributed by atoms with Crippen LogP contribution in [-0.4, -0.2) is 52.4 Å². The zero-order valence-electron chi connectivity index (χ0n) is 15.5. The third kappa shape index (κ3) is 2.78. The summed E-state index contributed by atoms with van der Waals surface area (Å²) < 4.78 is 2.08. The van der Waals surface area contributed by atoms with Crippen molar-refractivity contribution in [2.75, 3.05) is 31.1 Å². The number of nitrogens with two attached hydrogens (primary N) is 1. The number of aromatic nitrogens is 2. The van der Waals surface area contributed by atoms with Gasteiger partial charge in [0.2, 0.25) is 5.91 Å².